The van der Waals surface area contributed by atoms with Crippen LogP contribution in [0.25, 0.3) is 17.2 Å². The minimum absolute atomic E-state index is 0.217. The molecule has 7 heteroatoms. The van der Waals surface area contributed by atoms with E-state index in [0.29, 0.717) is 19.5 Å². The van der Waals surface area contributed by atoms with Gasteiger partial charge >= 0.3 is 0 Å². The molecule has 0 aliphatic rings. The number of nitrogens with one attached hydrogen (secondary N) is 2. The largest absolute Gasteiger partial charge is 0.323 e. The Kier molecular flexibility index (Phi) is 6.87. The summed E-state index contributed by atoms with van der Waals surface area (Å²) in [4.78, 5) is 16.4. The number of anilines is 1. The topological polar surface area (TPSA) is 95.6 Å². The first-order chi connectivity index (χ1) is 14.2. The molecule has 0 radical (unpaired) electrons. The molecule has 1 aromatic carbocycles. The Labute approximate surface area is 169 Å². The first kappa shape index (κ1) is 20.0. The van der Waals surface area contributed by atoms with E-state index in [-0.39, 0.29) is 5.91 Å². The summed E-state index contributed by atoms with van der Waals surface area (Å²) in [7, 11) is 1.86. The van der Waals surface area contributed by atoms with Crippen molar-refractivity contribution >= 4 is 17.7 Å². The number of aromatic nitrogens is 3. The summed E-state index contributed by atoms with van der Waals surface area (Å²) in [6.07, 6.45) is 10.9. The van der Waals surface area contributed by atoms with Crippen molar-refractivity contribution in [3.05, 3.63) is 72.3 Å². The van der Waals surface area contributed by atoms with Crippen LogP contribution in [0.4, 0.5) is 5.69 Å². The monoisotopic (exact) mass is 386 g/mol. The van der Waals surface area contributed by atoms with Crippen molar-refractivity contribution in [1.29, 1.82) is 5.26 Å². The minimum atomic E-state index is -0.217. The van der Waals surface area contributed by atoms with E-state index in [9.17, 15) is 4.79 Å². The molecule has 0 aliphatic heterocycles. The summed E-state index contributed by atoms with van der Waals surface area (Å²) < 4.78 is 1.73. The molecule has 0 aliphatic carbocycles. The lowest BCUT2D eigenvalue weighted by atomic mass is 10.0. The molecule has 1 amide bonds. The second kappa shape index (κ2) is 9.97. The number of hydrogen-bond donors (Lipinski definition) is 2. The van der Waals surface area contributed by atoms with E-state index in [0.717, 1.165) is 27.9 Å². The third kappa shape index (κ3) is 5.86. The van der Waals surface area contributed by atoms with Gasteiger partial charge in [0.2, 0.25) is 5.91 Å². The van der Waals surface area contributed by atoms with Gasteiger partial charge in [0.25, 0.3) is 0 Å². The minimum Gasteiger partial charge on any atom is -0.323 e. The average Bonchev–Trinajstić information content (AvgIpc) is 3.17. The number of amides is 1. The number of pyridine rings is 1. The van der Waals surface area contributed by atoms with Gasteiger partial charge in [0.05, 0.1) is 12.3 Å². The summed E-state index contributed by atoms with van der Waals surface area (Å²) in [6.45, 7) is 1.35. The van der Waals surface area contributed by atoms with Crippen LogP contribution in [0.3, 0.4) is 0 Å². The highest BCUT2D eigenvalue weighted by Gasteiger charge is 2.06. The van der Waals surface area contributed by atoms with Crippen molar-refractivity contribution in [2.75, 3.05) is 11.9 Å². The van der Waals surface area contributed by atoms with E-state index in [2.05, 4.69) is 26.8 Å². The summed E-state index contributed by atoms with van der Waals surface area (Å²) in [5.74, 6) is -0.217. The number of nitrogens with zero attached hydrogens (tertiary/aromatic N) is 4. The third-order valence-corrected chi connectivity index (χ3v) is 4.25. The highest BCUT2D eigenvalue weighted by molar-refractivity contribution is 6.02. The van der Waals surface area contributed by atoms with Gasteiger partial charge in [0.1, 0.15) is 0 Å². The molecular weight excluding hydrogens is 364 g/mol. The summed E-state index contributed by atoms with van der Waals surface area (Å²) in [5.41, 5.74) is 4.58. The summed E-state index contributed by atoms with van der Waals surface area (Å²) >= 11 is 0. The first-order valence-corrected chi connectivity index (χ1v) is 9.24. The number of carbonyl (C=O) groups is 1. The van der Waals surface area contributed by atoms with Crippen molar-refractivity contribution in [2.45, 2.75) is 13.0 Å². The van der Waals surface area contributed by atoms with Crippen LogP contribution < -0.4 is 10.6 Å². The Hall–Kier alpha value is -3.76. The fourth-order valence-electron chi connectivity index (χ4n) is 2.80. The van der Waals surface area contributed by atoms with Gasteiger partial charge in [-0.3, -0.25) is 14.5 Å². The van der Waals surface area contributed by atoms with Crippen molar-refractivity contribution in [2.24, 2.45) is 7.05 Å². The lowest BCUT2D eigenvalue weighted by molar-refractivity contribution is -0.111. The van der Waals surface area contributed by atoms with Crippen LogP contribution in [0, 0.1) is 11.3 Å². The summed E-state index contributed by atoms with van der Waals surface area (Å²) in [6, 6.07) is 11.6. The Morgan fingerprint density at radius 3 is 2.79 bits per heavy atom. The van der Waals surface area contributed by atoms with Gasteiger partial charge in [-0.05, 0) is 35.4 Å². The molecule has 3 aromatic rings. The average molecular weight is 386 g/mol. The molecule has 0 unspecified atom stereocenters. The number of hydrogen-bond acceptors (Lipinski definition) is 5. The zero-order chi connectivity index (χ0) is 20.5. The lowest BCUT2D eigenvalue weighted by Gasteiger charge is -2.06. The summed E-state index contributed by atoms with van der Waals surface area (Å²) in [5, 5.41) is 18.8. The lowest BCUT2D eigenvalue weighted by Crippen LogP contribution is -2.14. The van der Waals surface area contributed by atoms with Crippen LogP contribution in [0.15, 0.2) is 61.2 Å². The van der Waals surface area contributed by atoms with E-state index < -0.39 is 0 Å². The number of rotatable bonds is 8. The van der Waals surface area contributed by atoms with Crippen LogP contribution >= 0.6 is 0 Å². The number of nitriles is 1. The van der Waals surface area contributed by atoms with Gasteiger partial charge in [0, 0.05) is 68.0 Å². The number of carbonyl (C=O) groups excluding carboxylic acids is 1. The Morgan fingerprint density at radius 1 is 1.24 bits per heavy atom. The fourth-order valence-corrected chi connectivity index (χ4v) is 2.80. The van der Waals surface area contributed by atoms with Crippen LogP contribution in [0.5, 0.6) is 0 Å². The Morgan fingerprint density at radius 2 is 2.07 bits per heavy atom. The predicted molar refractivity (Wildman–Crippen MR) is 112 cm³/mol. The molecule has 0 saturated heterocycles. The molecule has 29 heavy (non-hydrogen) atoms. The van der Waals surface area contributed by atoms with Crippen LogP contribution in [-0.2, 0) is 18.4 Å². The van der Waals surface area contributed by atoms with Crippen LogP contribution in [0.2, 0.25) is 0 Å². The second-order valence-electron chi connectivity index (χ2n) is 6.47. The first-order valence-electron chi connectivity index (χ1n) is 9.24. The molecule has 0 spiro atoms. The highest BCUT2D eigenvalue weighted by Crippen LogP contribution is 2.23. The zero-order valence-corrected chi connectivity index (χ0v) is 16.2. The van der Waals surface area contributed by atoms with Crippen molar-refractivity contribution < 1.29 is 4.79 Å². The van der Waals surface area contributed by atoms with E-state index in [1.165, 1.54) is 6.08 Å². The van der Waals surface area contributed by atoms with E-state index in [1.807, 2.05) is 43.6 Å². The van der Waals surface area contributed by atoms with Gasteiger partial charge in [-0.15, -0.1) is 0 Å². The zero-order valence-electron chi connectivity index (χ0n) is 16.2. The second-order valence-corrected chi connectivity index (χ2v) is 6.47. The van der Waals surface area contributed by atoms with Gasteiger partial charge < -0.3 is 10.6 Å². The van der Waals surface area contributed by atoms with Crippen molar-refractivity contribution in [1.82, 2.24) is 20.1 Å². The highest BCUT2D eigenvalue weighted by atomic mass is 16.1. The molecule has 0 fully saturated rings. The number of aryl methyl sites for hydroxylation is 1. The smallest absolute Gasteiger partial charge is 0.248 e. The Bertz CT molecular complexity index is 1030. The molecule has 3 rings (SSSR count). The van der Waals surface area contributed by atoms with Gasteiger partial charge in [0.15, 0.2) is 0 Å². The Balaban J connectivity index is 1.60. The maximum atomic E-state index is 12.3. The van der Waals surface area contributed by atoms with Crippen LogP contribution in [0.1, 0.15) is 17.5 Å². The molecule has 146 valence electrons. The van der Waals surface area contributed by atoms with E-state index >= 15 is 0 Å². The van der Waals surface area contributed by atoms with Gasteiger partial charge in [-0.1, -0.05) is 12.1 Å². The molecule has 7 nitrogen and oxygen atoms in total. The normalized spacial score (nSPS) is 10.8. The number of benzene rings is 1. The molecule has 0 atom stereocenters. The van der Waals surface area contributed by atoms with E-state index in [1.54, 1.807) is 29.3 Å². The molecule has 0 bridgehead atoms. The molecule has 0 saturated carbocycles. The molecule has 2 N–H and O–H groups in total. The SMILES string of the molecule is Cn1cc(-c2ccncc2/C=C/C(=O)Nc2ccc(CNCCC#N)cc2)cn1. The van der Waals surface area contributed by atoms with Gasteiger partial charge in [-0.25, -0.2) is 0 Å². The third-order valence-electron chi connectivity index (χ3n) is 4.25. The standard InChI is InChI=1S/C22H22N6O/c1-28-16-19(15-26-28)21-9-12-25-14-18(21)5-8-22(29)27-20-6-3-17(4-7-20)13-24-11-2-10-23/h3-9,12,14-16,24H,2,11,13H2,1H3,(H,27,29)/b8-5+. The van der Waals surface area contributed by atoms with Crippen molar-refractivity contribution in [3.8, 4) is 17.2 Å². The molecule has 2 aromatic heterocycles. The molecular formula is C22H22N6O. The quantitative estimate of drug-likeness (QED) is 0.458. The van der Waals surface area contributed by atoms with Gasteiger partial charge in [-0.2, -0.15) is 10.4 Å². The fraction of sp³-hybridized carbons (Fsp3) is 0.182. The van der Waals surface area contributed by atoms with Crippen molar-refractivity contribution in [3.63, 3.8) is 0 Å². The molecule has 2 heterocycles. The maximum Gasteiger partial charge on any atom is 0.248 e. The van der Waals surface area contributed by atoms with E-state index in [4.69, 9.17) is 5.26 Å². The predicted octanol–water partition coefficient (Wildman–Crippen LogP) is 3.14. The van der Waals surface area contributed by atoms with Crippen LogP contribution in [-0.4, -0.2) is 27.2 Å². The maximum absolute atomic E-state index is 12.3.